The normalized spacial score (nSPS) is 25.4. The van der Waals surface area contributed by atoms with Crippen LogP contribution in [0.3, 0.4) is 0 Å². The van der Waals surface area contributed by atoms with Crippen LogP contribution in [0.1, 0.15) is 36.1 Å². The van der Waals surface area contributed by atoms with Crippen molar-refractivity contribution in [1.82, 2.24) is 0 Å². The molecule has 0 bridgehead atoms. The van der Waals surface area contributed by atoms with Crippen LogP contribution in [0.5, 0.6) is 5.75 Å². The number of hydrogen-bond acceptors (Lipinski definition) is 5. The average molecular weight is 393 g/mol. The second kappa shape index (κ2) is 9.04. The minimum absolute atomic E-state index is 0.266. The van der Waals surface area contributed by atoms with Crippen molar-refractivity contribution < 1.29 is 24.8 Å². The van der Waals surface area contributed by atoms with Crippen molar-refractivity contribution in [2.45, 2.75) is 44.2 Å². The summed E-state index contributed by atoms with van der Waals surface area (Å²) >= 11 is 6.38. The first-order valence-electron chi connectivity index (χ1n) is 9.14. The Balaban J connectivity index is 1.78. The maximum Gasteiger partial charge on any atom is 0.119 e. The van der Waals surface area contributed by atoms with Gasteiger partial charge in [0.2, 0.25) is 0 Å². The molecule has 146 valence electrons. The number of aliphatic hydroxyl groups excluding tert-OH is 3. The fraction of sp³-hybridized carbons (Fsp3) is 0.429. The summed E-state index contributed by atoms with van der Waals surface area (Å²) in [6.07, 6.45) is -2.31. The van der Waals surface area contributed by atoms with E-state index in [2.05, 4.69) is 0 Å². The van der Waals surface area contributed by atoms with Crippen LogP contribution in [-0.4, -0.2) is 46.8 Å². The highest BCUT2D eigenvalue weighted by atomic mass is 35.5. The molecule has 6 heteroatoms. The van der Waals surface area contributed by atoms with Gasteiger partial charge in [0.25, 0.3) is 0 Å². The van der Waals surface area contributed by atoms with Crippen molar-refractivity contribution in [2.75, 3.05) is 13.2 Å². The molecule has 1 aliphatic rings. The van der Waals surface area contributed by atoms with Crippen molar-refractivity contribution >= 4 is 11.6 Å². The SMILES string of the molecule is CCOc1ccc(Cc2cc([C@H]3C[C@@H](O)C(O)[C@@H](CO)O3)ccc2Cl)cc1. The largest absolute Gasteiger partial charge is 0.494 e. The standard InChI is InChI=1S/C21H25ClO5/c1-2-26-16-6-3-13(4-7-16)9-15-10-14(5-8-17(15)22)19-11-18(24)21(25)20(12-23)27-19/h3-8,10,18-21,23-25H,2,9,11-12H2,1H3/t18-,19-,20-,21?/m1/s1. The monoisotopic (exact) mass is 392 g/mol. The van der Waals surface area contributed by atoms with E-state index < -0.39 is 24.4 Å². The van der Waals surface area contributed by atoms with Crippen LogP contribution < -0.4 is 4.74 Å². The van der Waals surface area contributed by atoms with Crippen LogP contribution in [-0.2, 0) is 11.2 Å². The summed E-state index contributed by atoms with van der Waals surface area (Å²) in [6.45, 7) is 2.23. The minimum Gasteiger partial charge on any atom is -0.494 e. The third-order valence-electron chi connectivity index (χ3n) is 4.82. The van der Waals surface area contributed by atoms with E-state index in [4.69, 9.17) is 21.1 Å². The second-order valence-corrected chi connectivity index (χ2v) is 7.15. The van der Waals surface area contributed by atoms with Gasteiger partial charge in [-0.1, -0.05) is 35.9 Å². The summed E-state index contributed by atoms with van der Waals surface area (Å²) < 4.78 is 11.2. The van der Waals surface area contributed by atoms with Gasteiger partial charge in [-0.2, -0.15) is 0 Å². The molecule has 3 rings (SSSR count). The van der Waals surface area contributed by atoms with Crippen molar-refractivity contribution in [1.29, 1.82) is 0 Å². The van der Waals surface area contributed by atoms with Gasteiger partial charge in [-0.25, -0.2) is 0 Å². The molecule has 5 nitrogen and oxygen atoms in total. The summed E-state index contributed by atoms with van der Waals surface area (Å²) in [5.74, 6) is 0.833. The molecule has 0 amide bonds. The number of halogens is 1. The van der Waals surface area contributed by atoms with Crippen LogP contribution in [0, 0.1) is 0 Å². The fourth-order valence-corrected chi connectivity index (χ4v) is 3.52. The van der Waals surface area contributed by atoms with Crippen LogP contribution in [0.25, 0.3) is 0 Å². The molecule has 3 N–H and O–H groups in total. The highest BCUT2D eigenvalue weighted by Crippen LogP contribution is 2.34. The van der Waals surface area contributed by atoms with Gasteiger partial charge in [0.1, 0.15) is 18.0 Å². The van der Waals surface area contributed by atoms with Gasteiger partial charge in [-0.05, 0) is 48.2 Å². The van der Waals surface area contributed by atoms with E-state index in [9.17, 15) is 15.3 Å². The number of aliphatic hydroxyl groups is 3. The molecule has 1 heterocycles. The van der Waals surface area contributed by atoms with E-state index in [0.29, 0.717) is 18.1 Å². The zero-order valence-corrected chi connectivity index (χ0v) is 16.0. The van der Waals surface area contributed by atoms with Crippen molar-refractivity contribution in [3.05, 3.63) is 64.2 Å². The molecular formula is C21H25ClO5. The molecule has 0 spiro atoms. The molecule has 1 saturated heterocycles. The topological polar surface area (TPSA) is 79.2 Å². The van der Waals surface area contributed by atoms with Gasteiger partial charge in [0.15, 0.2) is 0 Å². The van der Waals surface area contributed by atoms with E-state index in [0.717, 1.165) is 22.4 Å². The number of rotatable bonds is 6. The molecule has 1 aliphatic heterocycles. The van der Waals surface area contributed by atoms with Crippen molar-refractivity contribution in [2.24, 2.45) is 0 Å². The molecule has 0 radical (unpaired) electrons. The lowest BCUT2D eigenvalue weighted by atomic mass is 9.92. The minimum atomic E-state index is -1.08. The molecule has 0 aromatic heterocycles. The third-order valence-corrected chi connectivity index (χ3v) is 5.19. The van der Waals surface area contributed by atoms with Crippen molar-refractivity contribution in [3.63, 3.8) is 0 Å². The lowest BCUT2D eigenvalue weighted by molar-refractivity contribution is -0.181. The predicted octanol–water partition coefficient (Wildman–Crippen LogP) is 2.87. The van der Waals surface area contributed by atoms with Gasteiger partial charge < -0.3 is 24.8 Å². The molecular weight excluding hydrogens is 368 g/mol. The Labute approximate surface area is 164 Å². The Morgan fingerprint density at radius 3 is 2.56 bits per heavy atom. The Hall–Kier alpha value is -1.63. The number of benzene rings is 2. The van der Waals surface area contributed by atoms with E-state index in [-0.39, 0.29) is 13.0 Å². The summed E-state index contributed by atoms with van der Waals surface area (Å²) in [4.78, 5) is 0. The van der Waals surface area contributed by atoms with Crippen molar-refractivity contribution in [3.8, 4) is 5.75 Å². The molecule has 1 fully saturated rings. The smallest absolute Gasteiger partial charge is 0.119 e. The molecule has 27 heavy (non-hydrogen) atoms. The lowest BCUT2D eigenvalue weighted by Crippen LogP contribution is -2.47. The maximum atomic E-state index is 10.1. The zero-order chi connectivity index (χ0) is 19.4. The lowest BCUT2D eigenvalue weighted by Gasteiger charge is -2.36. The Kier molecular flexibility index (Phi) is 6.73. The van der Waals surface area contributed by atoms with Gasteiger partial charge in [-0.15, -0.1) is 0 Å². The second-order valence-electron chi connectivity index (χ2n) is 6.74. The van der Waals surface area contributed by atoms with E-state index in [1.807, 2.05) is 49.4 Å². The zero-order valence-electron chi connectivity index (χ0n) is 15.2. The summed E-state index contributed by atoms with van der Waals surface area (Å²) in [6, 6.07) is 13.5. The van der Waals surface area contributed by atoms with Gasteiger partial charge in [-0.3, -0.25) is 0 Å². The van der Waals surface area contributed by atoms with Gasteiger partial charge >= 0.3 is 0 Å². The first-order valence-corrected chi connectivity index (χ1v) is 9.52. The Bertz CT molecular complexity index is 749. The van der Waals surface area contributed by atoms with Crippen LogP contribution in [0.4, 0.5) is 0 Å². The van der Waals surface area contributed by atoms with Crippen LogP contribution >= 0.6 is 11.6 Å². The van der Waals surface area contributed by atoms with E-state index >= 15 is 0 Å². The molecule has 2 aromatic rings. The molecule has 2 aromatic carbocycles. The Morgan fingerprint density at radius 2 is 1.89 bits per heavy atom. The first-order chi connectivity index (χ1) is 13.0. The Morgan fingerprint density at radius 1 is 1.15 bits per heavy atom. The fourth-order valence-electron chi connectivity index (χ4n) is 3.34. The maximum absolute atomic E-state index is 10.1. The van der Waals surface area contributed by atoms with Crippen LogP contribution in [0.15, 0.2) is 42.5 Å². The molecule has 0 aliphatic carbocycles. The third kappa shape index (κ3) is 4.81. The van der Waals surface area contributed by atoms with Gasteiger partial charge in [0, 0.05) is 11.4 Å². The summed E-state index contributed by atoms with van der Waals surface area (Å²) in [5, 5.41) is 30.0. The molecule has 0 saturated carbocycles. The highest BCUT2D eigenvalue weighted by Gasteiger charge is 2.37. The quantitative estimate of drug-likeness (QED) is 0.704. The average Bonchev–Trinajstić information content (AvgIpc) is 2.67. The predicted molar refractivity (Wildman–Crippen MR) is 103 cm³/mol. The van der Waals surface area contributed by atoms with Crippen LogP contribution in [0.2, 0.25) is 5.02 Å². The van der Waals surface area contributed by atoms with E-state index in [1.165, 1.54) is 0 Å². The highest BCUT2D eigenvalue weighted by molar-refractivity contribution is 6.31. The number of ether oxygens (including phenoxy) is 2. The molecule has 1 unspecified atom stereocenters. The summed E-state index contributed by atoms with van der Waals surface area (Å²) in [5.41, 5.74) is 2.92. The molecule has 4 atom stereocenters. The summed E-state index contributed by atoms with van der Waals surface area (Å²) in [7, 11) is 0. The van der Waals surface area contributed by atoms with Gasteiger partial charge in [0.05, 0.1) is 25.4 Å². The first kappa shape index (κ1) is 20.1. The van der Waals surface area contributed by atoms with E-state index in [1.54, 1.807) is 0 Å². The number of hydrogen-bond donors (Lipinski definition) is 3.